The maximum atomic E-state index is 12.0. The van der Waals surface area contributed by atoms with E-state index in [-0.39, 0.29) is 5.75 Å². The Morgan fingerprint density at radius 3 is 2.53 bits per heavy atom. The molecule has 0 heterocycles. The van der Waals surface area contributed by atoms with Crippen molar-refractivity contribution < 1.29 is 19.5 Å². The number of nitrogens with zero attached hydrogens (tertiary/aromatic N) is 1. The van der Waals surface area contributed by atoms with Crippen LogP contribution in [0, 0.1) is 0 Å². The van der Waals surface area contributed by atoms with E-state index in [2.05, 4.69) is 29.4 Å². The monoisotopic (exact) mass is 434 g/mol. The summed E-state index contributed by atoms with van der Waals surface area (Å²) in [5.74, 6) is 1.33. The highest BCUT2D eigenvalue weighted by molar-refractivity contribution is 7.91. The lowest BCUT2D eigenvalue weighted by atomic mass is 10.1. The molecule has 0 aliphatic carbocycles. The SMILES string of the molecule is CCOc1ccc(N(C)CCCCNCC(O)c2ccc(O)c([S+]([O-])CC)c2)cc1. The average molecular weight is 435 g/mol. The second kappa shape index (κ2) is 12.7. The Morgan fingerprint density at radius 2 is 1.87 bits per heavy atom. The van der Waals surface area contributed by atoms with Gasteiger partial charge >= 0.3 is 0 Å². The van der Waals surface area contributed by atoms with E-state index in [1.54, 1.807) is 19.1 Å². The molecule has 166 valence electrons. The number of rotatable bonds is 13. The Balaban J connectivity index is 1.68. The number of phenolic OH excluding ortho intramolecular Hbond substituents is 1. The van der Waals surface area contributed by atoms with Crippen LogP contribution in [0.3, 0.4) is 0 Å². The molecule has 6 nitrogen and oxygen atoms in total. The van der Waals surface area contributed by atoms with Gasteiger partial charge in [-0.1, -0.05) is 6.07 Å². The number of ether oxygens (including phenoxy) is 1. The van der Waals surface area contributed by atoms with Gasteiger partial charge in [0.2, 0.25) is 0 Å². The number of benzene rings is 2. The summed E-state index contributed by atoms with van der Waals surface area (Å²) in [5.41, 5.74) is 1.82. The van der Waals surface area contributed by atoms with Crippen LogP contribution in [-0.2, 0) is 11.2 Å². The molecular weight excluding hydrogens is 400 g/mol. The number of aromatic hydroxyl groups is 1. The predicted molar refractivity (Wildman–Crippen MR) is 123 cm³/mol. The van der Waals surface area contributed by atoms with E-state index in [1.165, 1.54) is 6.07 Å². The van der Waals surface area contributed by atoms with Gasteiger partial charge in [-0.3, -0.25) is 0 Å². The molecule has 2 aromatic carbocycles. The molecule has 0 radical (unpaired) electrons. The van der Waals surface area contributed by atoms with Crippen molar-refractivity contribution in [2.45, 2.75) is 37.7 Å². The summed E-state index contributed by atoms with van der Waals surface area (Å²) in [6.07, 6.45) is 1.32. The number of aliphatic hydroxyl groups excluding tert-OH is 1. The number of unbranched alkanes of at least 4 members (excludes halogenated alkanes) is 1. The van der Waals surface area contributed by atoms with Crippen molar-refractivity contribution >= 4 is 16.9 Å². The largest absolute Gasteiger partial charge is 0.611 e. The van der Waals surface area contributed by atoms with E-state index in [0.717, 1.165) is 37.4 Å². The molecule has 30 heavy (non-hydrogen) atoms. The third kappa shape index (κ3) is 7.40. The minimum Gasteiger partial charge on any atom is -0.611 e. The third-order valence-corrected chi connectivity index (χ3v) is 6.24. The van der Waals surface area contributed by atoms with Crippen LogP contribution in [0.1, 0.15) is 38.4 Å². The topological polar surface area (TPSA) is 88.0 Å². The highest BCUT2D eigenvalue weighted by Crippen LogP contribution is 2.27. The zero-order valence-corrected chi connectivity index (χ0v) is 19.0. The van der Waals surface area contributed by atoms with Gasteiger partial charge in [-0.05, 0) is 80.3 Å². The number of phenols is 1. The van der Waals surface area contributed by atoms with Crippen molar-refractivity contribution in [3.05, 3.63) is 48.0 Å². The Morgan fingerprint density at radius 1 is 1.13 bits per heavy atom. The number of hydrogen-bond donors (Lipinski definition) is 3. The van der Waals surface area contributed by atoms with Gasteiger partial charge < -0.3 is 29.7 Å². The molecular formula is C23H34N2O4S. The average Bonchev–Trinajstić information content (AvgIpc) is 2.76. The van der Waals surface area contributed by atoms with Gasteiger partial charge in [0, 0.05) is 31.9 Å². The Bertz CT molecular complexity index is 757. The van der Waals surface area contributed by atoms with Crippen molar-refractivity contribution in [1.29, 1.82) is 0 Å². The standard InChI is InChI=1S/C23H34N2O4S/c1-4-29-20-11-9-19(10-12-20)25(3)15-7-6-14-24-17-22(27)18-8-13-21(26)23(16-18)30(28)5-2/h8-13,16,22,24,26-27H,4-7,14-15,17H2,1-3H3. The Hall–Kier alpha value is -1.93. The molecule has 0 bridgehead atoms. The smallest absolute Gasteiger partial charge is 0.194 e. The Kier molecular flexibility index (Phi) is 10.3. The molecule has 0 amide bonds. The lowest BCUT2D eigenvalue weighted by Gasteiger charge is -2.20. The fourth-order valence-electron chi connectivity index (χ4n) is 3.12. The molecule has 2 unspecified atom stereocenters. The van der Waals surface area contributed by atoms with E-state index in [1.807, 2.05) is 19.1 Å². The minimum absolute atomic E-state index is 0.00995. The highest BCUT2D eigenvalue weighted by atomic mass is 32.2. The van der Waals surface area contributed by atoms with Gasteiger partial charge in [0.05, 0.1) is 12.7 Å². The van der Waals surface area contributed by atoms with Gasteiger partial charge in [-0.15, -0.1) is 0 Å². The zero-order valence-electron chi connectivity index (χ0n) is 18.1. The van der Waals surface area contributed by atoms with E-state index >= 15 is 0 Å². The molecule has 7 heteroatoms. The van der Waals surface area contributed by atoms with Gasteiger partial charge in [-0.2, -0.15) is 0 Å². The minimum atomic E-state index is -1.26. The van der Waals surface area contributed by atoms with Crippen molar-refractivity contribution in [1.82, 2.24) is 5.32 Å². The molecule has 0 aliphatic rings. The number of aliphatic hydroxyl groups is 1. The maximum Gasteiger partial charge on any atom is 0.194 e. The first kappa shape index (κ1) is 24.3. The first-order valence-corrected chi connectivity index (χ1v) is 11.8. The van der Waals surface area contributed by atoms with Crippen molar-refractivity contribution in [2.24, 2.45) is 0 Å². The van der Waals surface area contributed by atoms with Gasteiger partial charge in [-0.25, -0.2) is 0 Å². The molecule has 0 saturated carbocycles. The summed E-state index contributed by atoms with van der Waals surface area (Å²) in [6, 6.07) is 12.9. The lowest BCUT2D eigenvalue weighted by Crippen LogP contribution is -2.24. The Labute approximate surface area is 183 Å². The molecule has 0 aliphatic heterocycles. The molecule has 0 fully saturated rings. The summed E-state index contributed by atoms with van der Waals surface area (Å²) in [5, 5.41) is 23.5. The quantitative estimate of drug-likeness (QED) is 0.331. The molecule has 2 rings (SSSR count). The summed E-state index contributed by atoms with van der Waals surface area (Å²) in [4.78, 5) is 2.60. The second-order valence-electron chi connectivity index (χ2n) is 7.14. The fourth-order valence-corrected chi connectivity index (χ4v) is 4.00. The van der Waals surface area contributed by atoms with Crippen LogP contribution in [0.2, 0.25) is 0 Å². The van der Waals surface area contributed by atoms with E-state index in [9.17, 15) is 14.8 Å². The van der Waals surface area contributed by atoms with Crippen molar-refractivity contribution in [3.8, 4) is 11.5 Å². The number of anilines is 1. The number of hydrogen-bond acceptors (Lipinski definition) is 6. The summed E-state index contributed by atoms with van der Waals surface area (Å²) in [6.45, 7) is 6.61. The third-order valence-electron chi connectivity index (χ3n) is 4.90. The van der Waals surface area contributed by atoms with E-state index in [4.69, 9.17) is 4.74 Å². The van der Waals surface area contributed by atoms with E-state index in [0.29, 0.717) is 29.4 Å². The summed E-state index contributed by atoms with van der Waals surface area (Å²) < 4.78 is 17.5. The van der Waals surface area contributed by atoms with Gasteiger partial charge in [0.25, 0.3) is 0 Å². The summed E-state index contributed by atoms with van der Waals surface area (Å²) in [7, 11) is 2.08. The van der Waals surface area contributed by atoms with Crippen LogP contribution < -0.4 is 15.0 Å². The first-order valence-electron chi connectivity index (χ1n) is 10.5. The van der Waals surface area contributed by atoms with Gasteiger partial charge in [0.15, 0.2) is 10.6 Å². The molecule has 2 aromatic rings. The van der Waals surface area contributed by atoms with Crippen LogP contribution in [0.25, 0.3) is 0 Å². The van der Waals surface area contributed by atoms with Crippen LogP contribution in [0.15, 0.2) is 47.4 Å². The zero-order chi connectivity index (χ0) is 21.9. The maximum absolute atomic E-state index is 12.0. The predicted octanol–water partition coefficient (Wildman–Crippen LogP) is 3.46. The second-order valence-corrected chi connectivity index (χ2v) is 8.85. The molecule has 3 N–H and O–H groups in total. The lowest BCUT2D eigenvalue weighted by molar-refractivity contribution is 0.174. The first-order chi connectivity index (χ1) is 14.5. The van der Waals surface area contributed by atoms with Crippen LogP contribution in [-0.4, -0.2) is 53.8 Å². The van der Waals surface area contributed by atoms with Crippen molar-refractivity contribution in [2.75, 3.05) is 43.9 Å². The highest BCUT2D eigenvalue weighted by Gasteiger charge is 2.17. The normalized spacial score (nSPS) is 13.1. The van der Waals surface area contributed by atoms with Crippen molar-refractivity contribution in [3.63, 3.8) is 0 Å². The molecule has 0 aromatic heterocycles. The van der Waals surface area contributed by atoms with Crippen LogP contribution in [0.4, 0.5) is 5.69 Å². The fraction of sp³-hybridized carbons (Fsp3) is 0.478. The molecule has 0 saturated heterocycles. The summed E-state index contributed by atoms with van der Waals surface area (Å²) >= 11 is -1.26. The molecule has 0 spiro atoms. The van der Waals surface area contributed by atoms with E-state index < -0.39 is 17.3 Å². The van der Waals surface area contributed by atoms with Gasteiger partial charge in [0.1, 0.15) is 11.5 Å². The molecule has 2 atom stereocenters. The number of nitrogens with one attached hydrogen (secondary N) is 1. The van der Waals surface area contributed by atoms with Crippen LogP contribution in [0.5, 0.6) is 11.5 Å². The van der Waals surface area contributed by atoms with Crippen LogP contribution >= 0.6 is 0 Å².